The molecule has 0 aromatic heterocycles. The molecule has 92 valence electrons. The lowest BCUT2D eigenvalue weighted by atomic mass is 9.81. The molecule has 4 atom stereocenters. The molecule has 4 nitrogen and oxygen atoms in total. The van der Waals surface area contributed by atoms with E-state index in [0.29, 0.717) is 6.42 Å². The third-order valence-electron chi connectivity index (χ3n) is 4.27. The summed E-state index contributed by atoms with van der Waals surface area (Å²) in [6.07, 6.45) is 0.616. The van der Waals surface area contributed by atoms with E-state index < -0.39 is 31.4 Å². The lowest BCUT2D eigenvalue weighted by Gasteiger charge is -2.34. The zero-order chi connectivity index (χ0) is 12.4. The maximum absolute atomic E-state index is 12.0. The minimum atomic E-state index is -4.49. The monoisotopic (exact) mass is 286 g/mol. The molecular formula is C9H12Cl2O4S. The molecule has 0 radical (unpaired) electrons. The van der Waals surface area contributed by atoms with Gasteiger partial charge in [0.2, 0.25) is 0 Å². The third kappa shape index (κ3) is 1.10. The Morgan fingerprint density at radius 3 is 2.50 bits per heavy atom. The number of ketones is 1. The molecular weight excluding hydrogens is 275 g/mol. The molecule has 2 aliphatic rings. The van der Waals surface area contributed by atoms with Crippen molar-refractivity contribution in [2.45, 2.75) is 29.9 Å². The Kier molecular flexibility index (Phi) is 2.63. The van der Waals surface area contributed by atoms with Gasteiger partial charge in [0, 0.05) is 11.3 Å². The molecule has 2 saturated carbocycles. The van der Waals surface area contributed by atoms with E-state index in [0.717, 1.165) is 0 Å². The van der Waals surface area contributed by atoms with Crippen molar-refractivity contribution < 1.29 is 17.8 Å². The molecule has 0 saturated heterocycles. The highest BCUT2D eigenvalue weighted by molar-refractivity contribution is 7.88. The van der Waals surface area contributed by atoms with E-state index >= 15 is 0 Å². The Labute approximate surface area is 104 Å². The molecule has 2 rings (SSSR count). The largest absolute Gasteiger partial charge is 0.296 e. The van der Waals surface area contributed by atoms with Crippen LogP contribution in [0.25, 0.3) is 0 Å². The van der Waals surface area contributed by atoms with Crippen molar-refractivity contribution in [1.82, 2.24) is 0 Å². The number of alkyl halides is 2. The van der Waals surface area contributed by atoms with Gasteiger partial charge in [0.1, 0.15) is 0 Å². The van der Waals surface area contributed by atoms with Crippen LogP contribution in [-0.2, 0) is 14.9 Å². The molecule has 2 fully saturated rings. The highest BCUT2D eigenvalue weighted by Gasteiger charge is 2.76. The average molecular weight is 287 g/mol. The molecule has 0 amide bonds. The molecule has 2 bridgehead atoms. The number of halogens is 2. The standard InChI is InChI=1S/C9H12Cl2O4S/c1-8(4-10)5-2-3-9(8,16(13,14)15)7(12)6(5)11/h5-6H,2-4H2,1H3,(H,13,14,15). The van der Waals surface area contributed by atoms with E-state index in [1.165, 1.54) is 0 Å². The zero-order valence-electron chi connectivity index (χ0n) is 8.61. The average Bonchev–Trinajstić information content (AvgIpc) is 2.57. The van der Waals surface area contributed by atoms with Crippen LogP contribution >= 0.6 is 23.2 Å². The van der Waals surface area contributed by atoms with Crippen LogP contribution in [0.5, 0.6) is 0 Å². The summed E-state index contributed by atoms with van der Waals surface area (Å²) in [5.74, 6) is -0.885. The maximum atomic E-state index is 12.0. The van der Waals surface area contributed by atoms with Crippen molar-refractivity contribution in [3.8, 4) is 0 Å². The predicted molar refractivity (Wildman–Crippen MR) is 60.5 cm³/mol. The highest BCUT2D eigenvalue weighted by atomic mass is 35.5. The fourth-order valence-electron chi connectivity index (χ4n) is 3.30. The fourth-order valence-corrected chi connectivity index (χ4v) is 6.03. The second kappa shape index (κ2) is 3.34. The number of Topliss-reactive ketones (excluding diaryl/α,β-unsaturated/α-hetero) is 1. The van der Waals surface area contributed by atoms with E-state index in [1.54, 1.807) is 6.92 Å². The minimum absolute atomic E-state index is 0.00752. The number of carbonyl (C=O) groups excluding carboxylic acids is 1. The Morgan fingerprint density at radius 1 is 1.56 bits per heavy atom. The number of carbonyl (C=O) groups is 1. The summed E-state index contributed by atoms with van der Waals surface area (Å²) < 4.78 is 30.7. The topological polar surface area (TPSA) is 71.4 Å². The first-order chi connectivity index (χ1) is 7.22. The van der Waals surface area contributed by atoms with Crippen LogP contribution in [0.15, 0.2) is 0 Å². The first kappa shape index (κ1) is 12.6. The van der Waals surface area contributed by atoms with Crippen molar-refractivity contribution in [3.05, 3.63) is 0 Å². The van der Waals surface area contributed by atoms with Gasteiger partial charge in [-0.25, -0.2) is 0 Å². The van der Waals surface area contributed by atoms with Gasteiger partial charge in [0.15, 0.2) is 10.5 Å². The van der Waals surface area contributed by atoms with Crippen LogP contribution in [0.1, 0.15) is 19.8 Å². The summed E-state index contributed by atoms with van der Waals surface area (Å²) in [4.78, 5) is 12.0. The smallest absolute Gasteiger partial charge is 0.278 e. The summed E-state index contributed by atoms with van der Waals surface area (Å²) in [5, 5.41) is -0.862. The van der Waals surface area contributed by atoms with E-state index in [4.69, 9.17) is 23.2 Å². The molecule has 16 heavy (non-hydrogen) atoms. The zero-order valence-corrected chi connectivity index (χ0v) is 10.9. The van der Waals surface area contributed by atoms with Gasteiger partial charge < -0.3 is 0 Å². The first-order valence-corrected chi connectivity index (χ1v) is 7.35. The maximum Gasteiger partial charge on any atom is 0.278 e. The van der Waals surface area contributed by atoms with Crippen LogP contribution in [-0.4, -0.2) is 34.8 Å². The van der Waals surface area contributed by atoms with Crippen molar-refractivity contribution >= 4 is 39.1 Å². The van der Waals surface area contributed by atoms with Crippen LogP contribution in [0.3, 0.4) is 0 Å². The molecule has 7 heteroatoms. The summed E-state index contributed by atoms with van der Waals surface area (Å²) in [5.41, 5.74) is -0.967. The normalized spacial score (nSPS) is 47.6. The molecule has 4 unspecified atom stereocenters. The second-order valence-corrected chi connectivity index (χ2v) is 7.15. The van der Waals surface area contributed by atoms with Gasteiger partial charge >= 0.3 is 0 Å². The van der Waals surface area contributed by atoms with Gasteiger partial charge in [-0.05, 0) is 18.8 Å². The predicted octanol–water partition coefficient (Wildman–Crippen LogP) is 1.46. The van der Waals surface area contributed by atoms with Crippen LogP contribution in [0, 0.1) is 11.3 Å². The Hall–Kier alpha value is 0.160. The van der Waals surface area contributed by atoms with Gasteiger partial charge in [-0.1, -0.05) is 6.92 Å². The van der Waals surface area contributed by atoms with Gasteiger partial charge in [-0.15, -0.1) is 23.2 Å². The van der Waals surface area contributed by atoms with E-state index in [1.807, 2.05) is 0 Å². The Balaban J connectivity index is 2.71. The van der Waals surface area contributed by atoms with Gasteiger partial charge in [-0.2, -0.15) is 8.42 Å². The lowest BCUT2D eigenvalue weighted by molar-refractivity contribution is -0.121. The number of fused-ring (bicyclic) bond motifs is 2. The SMILES string of the molecule is CC1(CCl)C2CCC1(S(=O)(=O)O)C(=O)C2Cl. The van der Waals surface area contributed by atoms with Crippen molar-refractivity contribution in [1.29, 1.82) is 0 Å². The lowest BCUT2D eigenvalue weighted by Crippen LogP contribution is -2.53. The van der Waals surface area contributed by atoms with Crippen LogP contribution < -0.4 is 0 Å². The summed E-state index contributed by atoms with van der Waals surface area (Å²) in [7, 11) is -4.49. The minimum Gasteiger partial charge on any atom is -0.296 e. The molecule has 0 aliphatic heterocycles. The summed E-state index contributed by atoms with van der Waals surface area (Å²) in [6, 6.07) is 0. The molecule has 0 spiro atoms. The van der Waals surface area contributed by atoms with Gasteiger partial charge in [0.25, 0.3) is 10.1 Å². The van der Waals surface area contributed by atoms with E-state index in [2.05, 4.69) is 0 Å². The van der Waals surface area contributed by atoms with E-state index in [-0.39, 0.29) is 18.2 Å². The molecule has 0 aromatic carbocycles. The number of rotatable bonds is 2. The van der Waals surface area contributed by atoms with Crippen molar-refractivity contribution in [2.24, 2.45) is 11.3 Å². The van der Waals surface area contributed by atoms with Crippen molar-refractivity contribution in [3.63, 3.8) is 0 Å². The second-order valence-electron chi connectivity index (χ2n) is 4.76. The highest BCUT2D eigenvalue weighted by Crippen LogP contribution is 2.63. The van der Waals surface area contributed by atoms with Crippen molar-refractivity contribution in [2.75, 3.05) is 5.88 Å². The van der Waals surface area contributed by atoms with Gasteiger partial charge in [0.05, 0.1) is 5.38 Å². The first-order valence-electron chi connectivity index (χ1n) is 4.94. The Morgan fingerprint density at radius 2 is 2.12 bits per heavy atom. The third-order valence-corrected chi connectivity index (χ3v) is 7.08. The number of hydrogen-bond donors (Lipinski definition) is 1. The van der Waals surface area contributed by atoms with Gasteiger partial charge in [-0.3, -0.25) is 9.35 Å². The summed E-state index contributed by atoms with van der Waals surface area (Å²) >= 11 is 11.8. The quantitative estimate of drug-likeness (QED) is 0.616. The summed E-state index contributed by atoms with van der Waals surface area (Å²) in [6.45, 7) is 1.62. The molecule has 0 heterocycles. The fraction of sp³-hybridized carbons (Fsp3) is 0.889. The number of hydrogen-bond acceptors (Lipinski definition) is 3. The molecule has 0 aromatic rings. The Bertz CT molecular complexity index is 448. The molecule has 2 aliphatic carbocycles. The molecule has 1 N–H and O–H groups in total. The van der Waals surface area contributed by atoms with Crippen LogP contribution in [0.4, 0.5) is 0 Å². The van der Waals surface area contributed by atoms with E-state index in [9.17, 15) is 17.8 Å². The van der Waals surface area contributed by atoms with Crippen LogP contribution in [0.2, 0.25) is 0 Å².